The number of carbonyl (C=O) groups excluding carboxylic acids is 2. The molecule has 2 rings (SSSR count). The molecule has 0 saturated heterocycles. The van der Waals surface area contributed by atoms with Crippen molar-refractivity contribution < 1.29 is 23.8 Å². The van der Waals surface area contributed by atoms with Gasteiger partial charge in [-0.3, -0.25) is 4.79 Å². The van der Waals surface area contributed by atoms with Crippen molar-refractivity contribution in [3.05, 3.63) is 53.6 Å². The van der Waals surface area contributed by atoms with Crippen LogP contribution in [-0.4, -0.2) is 32.7 Å². The third-order valence-electron chi connectivity index (χ3n) is 3.22. The molecular formula is C18H19NO5. The SMILES string of the molecule is COc1cc(OC)cc(C(=O)OCC(=O)Nc2cccc(C)c2)c1. The van der Waals surface area contributed by atoms with Gasteiger partial charge in [0, 0.05) is 11.8 Å². The number of nitrogens with one attached hydrogen (secondary N) is 1. The third kappa shape index (κ3) is 4.74. The fraction of sp³-hybridized carbons (Fsp3) is 0.222. The molecule has 0 aliphatic heterocycles. The second-order valence-corrected chi connectivity index (χ2v) is 5.10. The molecule has 0 spiro atoms. The average molecular weight is 329 g/mol. The Balaban J connectivity index is 1.96. The van der Waals surface area contributed by atoms with Crippen molar-refractivity contribution in [3.8, 4) is 11.5 Å². The zero-order valence-electron chi connectivity index (χ0n) is 13.8. The normalized spacial score (nSPS) is 9.96. The highest BCUT2D eigenvalue weighted by molar-refractivity contribution is 5.95. The molecule has 24 heavy (non-hydrogen) atoms. The van der Waals surface area contributed by atoms with Crippen LogP contribution in [0, 0.1) is 6.92 Å². The monoisotopic (exact) mass is 329 g/mol. The first-order valence-corrected chi connectivity index (χ1v) is 7.28. The molecule has 0 aromatic heterocycles. The highest BCUT2D eigenvalue weighted by atomic mass is 16.5. The van der Waals surface area contributed by atoms with Gasteiger partial charge in [0.15, 0.2) is 6.61 Å². The van der Waals surface area contributed by atoms with E-state index in [0.29, 0.717) is 17.2 Å². The standard InChI is InChI=1S/C18H19NO5/c1-12-5-4-6-14(7-12)19-17(20)11-24-18(21)13-8-15(22-2)10-16(9-13)23-3/h4-10H,11H2,1-3H3,(H,19,20). The second kappa shape index (κ2) is 8.01. The van der Waals surface area contributed by atoms with Gasteiger partial charge in [0.25, 0.3) is 5.91 Å². The van der Waals surface area contributed by atoms with Crippen LogP contribution in [0.1, 0.15) is 15.9 Å². The van der Waals surface area contributed by atoms with Crippen LogP contribution in [0.5, 0.6) is 11.5 Å². The van der Waals surface area contributed by atoms with Crippen molar-refractivity contribution in [1.82, 2.24) is 0 Å². The Bertz CT molecular complexity index is 720. The summed E-state index contributed by atoms with van der Waals surface area (Å²) in [4.78, 5) is 23.9. The van der Waals surface area contributed by atoms with Crippen LogP contribution in [-0.2, 0) is 9.53 Å². The van der Waals surface area contributed by atoms with Gasteiger partial charge >= 0.3 is 5.97 Å². The molecule has 0 fully saturated rings. The summed E-state index contributed by atoms with van der Waals surface area (Å²) in [5, 5.41) is 2.67. The van der Waals surface area contributed by atoms with Gasteiger partial charge in [0.05, 0.1) is 19.8 Å². The molecule has 0 unspecified atom stereocenters. The summed E-state index contributed by atoms with van der Waals surface area (Å²) in [6.45, 7) is 1.54. The topological polar surface area (TPSA) is 73.9 Å². The molecule has 0 saturated carbocycles. The molecule has 6 nitrogen and oxygen atoms in total. The van der Waals surface area contributed by atoms with Gasteiger partial charge in [0.2, 0.25) is 0 Å². The van der Waals surface area contributed by atoms with E-state index in [0.717, 1.165) is 5.56 Å². The molecule has 0 heterocycles. The number of esters is 1. The molecular weight excluding hydrogens is 310 g/mol. The maximum atomic E-state index is 12.1. The lowest BCUT2D eigenvalue weighted by Gasteiger charge is -2.09. The van der Waals surface area contributed by atoms with Crippen LogP contribution in [0.4, 0.5) is 5.69 Å². The van der Waals surface area contributed by atoms with Gasteiger partial charge in [-0.25, -0.2) is 4.79 Å². The maximum Gasteiger partial charge on any atom is 0.338 e. The predicted octanol–water partition coefficient (Wildman–Crippen LogP) is 2.81. The zero-order chi connectivity index (χ0) is 17.5. The zero-order valence-corrected chi connectivity index (χ0v) is 13.8. The third-order valence-corrected chi connectivity index (χ3v) is 3.22. The highest BCUT2D eigenvalue weighted by Gasteiger charge is 2.13. The minimum atomic E-state index is -0.633. The van der Waals surface area contributed by atoms with Crippen molar-refractivity contribution in [2.24, 2.45) is 0 Å². The number of aryl methyl sites for hydroxylation is 1. The fourth-order valence-corrected chi connectivity index (χ4v) is 2.06. The Morgan fingerprint density at radius 2 is 1.67 bits per heavy atom. The average Bonchev–Trinajstić information content (AvgIpc) is 2.59. The van der Waals surface area contributed by atoms with Gasteiger partial charge in [-0.2, -0.15) is 0 Å². The van der Waals surface area contributed by atoms with E-state index in [1.54, 1.807) is 12.1 Å². The number of hydrogen-bond donors (Lipinski definition) is 1. The second-order valence-electron chi connectivity index (χ2n) is 5.10. The number of amides is 1. The summed E-state index contributed by atoms with van der Waals surface area (Å²) in [6, 6.07) is 12.0. The van der Waals surface area contributed by atoms with Crippen LogP contribution in [0.3, 0.4) is 0 Å². The van der Waals surface area contributed by atoms with Crippen LogP contribution in [0.2, 0.25) is 0 Å². The number of carbonyl (C=O) groups is 2. The first kappa shape index (κ1) is 17.3. The number of rotatable bonds is 6. The van der Waals surface area contributed by atoms with Crippen molar-refractivity contribution in [2.75, 3.05) is 26.1 Å². The number of benzene rings is 2. The van der Waals surface area contributed by atoms with E-state index in [2.05, 4.69) is 5.32 Å². The smallest absolute Gasteiger partial charge is 0.338 e. The van der Waals surface area contributed by atoms with E-state index in [-0.39, 0.29) is 12.2 Å². The molecule has 2 aromatic rings. The first-order chi connectivity index (χ1) is 11.5. The van der Waals surface area contributed by atoms with E-state index in [9.17, 15) is 9.59 Å². The Morgan fingerprint density at radius 1 is 1.00 bits per heavy atom. The number of ether oxygens (including phenoxy) is 3. The summed E-state index contributed by atoms with van der Waals surface area (Å²) in [6.07, 6.45) is 0. The molecule has 0 atom stereocenters. The van der Waals surface area contributed by atoms with E-state index in [4.69, 9.17) is 14.2 Å². The molecule has 1 N–H and O–H groups in total. The summed E-state index contributed by atoms with van der Waals surface area (Å²) in [5.74, 6) is -0.119. The van der Waals surface area contributed by atoms with Crippen molar-refractivity contribution >= 4 is 17.6 Å². The van der Waals surface area contributed by atoms with Gasteiger partial charge in [-0.15, -0.1) is 0 Å². The first-order valence-electron chi connectivity index (χ1n) is 7.28. The Kier molecular flexibility index (Phi) is 5.78. The Morgan fingerprint density at radius 3 is 2.25 bits per heavy atom. The Labute approximate surface area is 140 Å². The highest BCUT2D eigenvalue weighted by Crippen LogP contribution is 2.23. The quantitative estimate of drug-likeness (QED) is 0.825. The fourth-order valence-electron chi connectivity index (χ4n) is 2.06. The van der Waals surface area contributed by atoms with Crippen LogP contribution in [0.25, 0.3) is 0 Å². The summed E-state index contributed by atoms with van der Waals surface area (Å²) in [7, 11) is 2.97. The minimum Gasteiger partial charge on any atom is -0.497 e. The van der Waals surface area contributed by atoms with Crippen LogP contribution in [0.15, 0.2) is 42.5 Å². The summed E-state index contributed by atoms with van der Waals surface area (Å²) >= 11 is 0. The van der Waals surface area contributed by atoms with E-state index in [1.165, 1.54) is 26.4 Å². The number of methoxy groups -OCH3 is 2. The largest absolute Gasteiger partial charge is 0.497 e. The molecule has 0 aliphatic carbocycles. The van der Waals surface area contributed by atoms with E-state index in [1.807, 2.05) is 25.1 Å². The van der Waals surface area contributed by atoms with E-state index >= 15 is 0 Å². The van der Waals surface area contributed by atoms with Crippen LogP contribution < -0.4 is 14.8 Å². The van der Waals surface area contributed by atoms with Crippen molar-refractivity contribution in [1.29, 1.82) is 0 Å². The molecule has 0 aliphatic rings. The summed E-state index contributed by atoms with van der Waals surface area (Å²) in [5.41, 5.74) is 1.92. The number of hydrogen-bond acceptors (Lipinski definition) is 5. The van der Waals surface area contributed by atoms with Crippen molar-refractivity contribution in [2.45, 2.75) is 6.92 Å². The molecule has 1 amide bonds. The van der Waals surface area contributed by atoms with E-state index < -0.39 is 11.9 Å². The lowest BCUT2D eigenvalue weighted by Crippen LogP contribution is -2.21. The predicted molar refractivity (Wildman–Crippen MR) is 89.6 cm³/mol. The maximum absolute atomic E-state index is 12.1. The van der Waals surface area contributed by atoms with Crippen molar-refractivity contribution in [3.63, 3.8) is 0 Å². The lowest BCUT2D eigenvalue weighted by atomic mass is 10.2. The van der Waals surface area contributed by atoms with Gasteiger partial charge in [0.1, 0.15) is 11.5 Å². The lowest BCUT2D eigenvalue weighted by molar-refractivity contribution is -0.119. The van der Waals surface area contributed by atoms with Gasteiger partial charge in [-0.05, 0) is 36.8 Å². The Hall–Kier alpha value is -3.02. The molecule has 2 aromatic carbocycles. The van der Waals surface area contributed by atoms with Gasteiger partial charge in [-0.1, -0.05) is 12.1 Å². The van der Waals surface area contributed by atoms with Crippen LogP contribution >= 0.6 is 0 Å². The molecule has 126 valence electrons. The molecule has 6 heteroatoms. The minimum absolute atomic E-state index is 0.245. The summed E-state index contributed by atoms with van der Waals surface area (Å²) < 4.78 is 15.2. The molecule has 0 bridgehead atoms. The van der Waals surface area contributed by atoms with Gasteiger partial charge < -0.3 is 19.5 Å². The molecule has 0 radical (unpaired) electrons. The number of anilines is 1.